The van der Waals surface area contributed by atoms with Gasteiger partial charge in [0.25, 0.3) is 0 Å². The highest BCUT2D eigenvalue weighted by molar-refractivity contribution is 5.71. The monoisotopic (exact) mass is 153 g/mol. The van der Waals surface area contributed by atoms with Crippen LogP contribution >= 0.6 is 0 Å². The van der Waals surface area contributed by atoms with E-state index in [-0.39, 0.29) is 12.4 Å². The average molecular weight is 153 g/mol. The molecule has 0 amide bonds. The minimum atomic E-state index is -0.306. The second kappa shape index (κ2) is 3.23. The van der Waals surface area contributed by atoms with Crippen molar-refractivity contribution in [2.45, 2.75) is 6.42 Å². The molecule has 1 aromatic rings. The summed E-state index contributed by atoms with van der Waals surface area (Å²) in [6.45, 7) is 3.56. The second-order valence-corrected chi connectivity index (χ2v) is 2.12. The van der Waals surface area contributed by atoms with Gasteiger partial charge in [-0.3, -0.25) is 4.79 Å². The van der Waals surface area contributed by atoms with Crippen LogP contribution in [0.25, 0.3) is 0 Å². The van der Waals surface area contributed by atoms with Crippen molar-refractivity contribution in [2.24, 2.45) is 0 Å². The van der Waals surface area contributed by atoms with E-state index in [9.17, 15) is 4.79 Å². The standard InChI is InChI=1S/C8H9O3/c1-6-3-4-7(11-6)5-8(9)10-2/h3-4H,1,5H2,2H3. The third-order valence-corrected chi connectivity index (χ3v) is 1.26. The molecule has 0 aromatic carbocycles. The number of carbonyl (C=O) groups is 1. The quantitative estimate of drug-likeness (QED) is 0.599. The topological polar surface area (TPSA) is 39.4 Å². The number of carbonyl (C=O) groups excluding carboxylic acids is 1. The Hall–Kier alpha value is -1.25. The third kappa shape index (κ3) is 2.11. The number of ether oxygens (including phenoxy) is 1. The lowest BCUT2D eigenvalue weighted by Crippen LogP contribution is -2.03. The maximum atomic E-state index is 10.7. The molecule has 0 bridgehead atoms. The van der Waals surface area contributed by atoms with E-state index in [1.165, 1.54) is 7.11 Å². The third-order valence-electron chi connectivity index (χ3n) is 1.26. The predicted octanol–water partition coefficient (Wildman–Crippen LogP) is 1.18. The van der Waals surface area contributed by atoms with Crippen molar-refractivity contribution in [3.8, 4) is 0 Å². The van der Waals surface area contributed by atoms with Crippen LogP contribution in [0.1, 0.15) is 11.5 Å². The van der Waals surface area contributed by atoms with Gasteiger partial charge in [-0.15, -0.1) is 0 Å². The van der Waals surface area contributed by atoms with Gasteiger partial charge in [0.2, 0.25) is 0 Å². The summed E-state index contributed by atoms with van der Waals surface area (Å²) in [5.74, 6) is 0.838. The molecule has 1 radical (unpaired) electrons. The highest BCUT2D eigenvalue weighted by Crippen LogP contribution is 2.06. The number of methoxy groups -OCH3 is 1. The van der Waals surface area contributed by atoms with E-state index < -0.39 is 0 Å². The van der Waals surface area contributed by atoms with Crippen LogP contribution in [0.3, 0.4) is 0 Å². The van der Waals surface area contributed by atoms with Crippen LogP contribution in [-0.4, -0.2) is 13.1 Å². The van der Waals surface area contributed by atoms with E-state index >= 15 is 0 Å². The van der Waals surface area contributed by atoms with Crippen LogP contribution in [0.15, 0.2) is 16.5 Å². The molecule has 3 nitrogen and oxygen atoms in total. The van der Waals surface area contributed by atoms with Crippen molar-refractivity contribution in [1.29, 1.82) is 0 Å². The van der Waals surface area contributed by atoms with Crippen molar-refractivity contribution < 1.29 is 13.9 Å². The van der Waals surface area contributed by atoms with Crippen molar-refractivity contribution in [2.75, 3.05) is 7.11 Å². The van der Waals surface area contributed by atoms with Crippen LogP contribution in [0.5, 0.6) is 0 Å². The summed E-state index contributed by atoms with van der Waals surface area (Å²) in [5.41, 5.74) is 0. The zero-order chi connectivity index (χ0) is 8.27. The van der Waals surface area contributed by atoms with Gasteiger partial charge in [0, 0.05) is 6.92 Å². The molecule has 0 saturated carbocycles. The van der Waals surface area contributed by atoms with Gasteiger partial charge in [-0.25, -0.2) is 0 Å². The summed E-state index contributed by atoms with van der Waals surface area (Å²) < 4.78 is 9.49. The first-order chi connectivity index (χ1) is 5.22. The van der Waals surface area contributed by atoms with E-state index in [0.29, 0.717) is 11.5 Å². The van der Waals surface area contributed by atoms with Crippen LogP contribution in [-0.2, 0) is 16.0 Å². The lowest BCUT2D eigenvalue weighted by Gasteiger charge is -1.93. The molecule has 3 heteroatoms. The molecule has 1 rings (SSSR count). The number of hydrogen-bond donors (Lipinski definition) is 0. The molecule has 1 aromatic heterocycles. The Morgan fingerprint density at radius 3 is 2.91 bits per heavy atom. The van der Waals surface area contributed by atoms with E-state index in [2.05, 4.69) is 11.7 Å². The zero-order valence-electron chi connectivity index (χ0n) is 6.29. The first-order valence-corrected chi connectivity index (χ1v) is 3.20. The van der Waals surface area contributed by atoms with E-state index in [1.54, 1.807) is 12.1 Å². The van der Waals surface area contributed by atoms with Crippen molar-refractivity contribution >= 4 is 5.97 Å². The molecular weight excluding hydrogens is 144 g/mol. The van der Waals surface area contributed by atoms with Gasteiger partial charge in [-0.2, -0.15) is 0 Å². The number of furan rings is 1. The molecule has 0 spiro atoms. The van der Waals surface area contributed by atoms with Gasteiger partial charge in [0.05, 0.1) is 7.11 Å². The summed E-state index contributed by atoms with van der Waals surface area (Å²) in [5, 5.41) is 0. The molecular formula is C8H9O3. The minimum absolute atomic E-state index is 0.173. The average Bonchev–Trinajstić information content (AvgIpc) is 2.35. The first kappa shape index (κ1) is 7.85. The summed E-state index contributed by atoms with van der Waals surface area (Å²) in [6, 6.07) is 3.41. The molecule has 0 fully saturated rings. The predicted molar refractivity (Wildman–Crippen MR) is 38.9 cm³/mol. The number of hydrogen-bond acceptors (Lipinski definition) is 3. The maximum Gasteiger partial charge on any atom is 0.313 e. The zero-order valence-corrected chi connectivity index (χ0v) is 6.29. The Kier molecular flexibility index (Phi) is 2.31. The molecule has 0 N–H and O–H groups in total. The number of rotatable bonds is 2. The fourth-order valence-corrected chi connectivity index (χ4v) is 0.732. The Balaban J connectivity index is 2.57. The summed E-state index contributed by atoms with van der Waals surface area (Å²) in [7, 11) is 1.34. The molecule has 11 heavy (non-hydrogen) atoms. The highest BCUT2D eigenvalue weighted by Gasteiger charge is 2.05. The maximum absolute atomic E-state index is 10.7. The largest absolute Gasteiger partial charge is 0.469 e. The van der Waals surface area contributed by atoms with Gasteiger partial charge in [0.1, 0.15) is 17.9 Å². The van der Waals surface area contributed by atoms with Gasteiger partial charge < -0.3 is 9.15 Å². The number of esters is 1. The Morgan fingerprint density at radius 2 is 2.45 bits per heavy atom. The summed E-state index contributed by atoms with van der Waals surface area (Å²) in [4.78, 5) is 10.7. The van der Waals surface area contributed by atoms with Crippen molar-refractivity contribution in [3.05, 3.63) is 30.6 Å². The summed E-state index contributed by atoms with van der Waals surface area (Å²) >= 11 is 0. The molecule has 0 aliphatic rings. The first-order valence-electron chi connectivity index (χ1n) is 3.20. The molecule has 0 aliphatic carbocycles. The normalized spacial score (nSPS) is 9.64. The van der Waals surface area contributed by atoms with Crippen LogP contribution in [0.4, 0.5) is 0 Å². The minimum Gasteiger partial charge on any atom is -0.469 e. The summed E-state index contributed by atoms with van der Waals surface area (Å²) in [6.07, 6.45) is 0.173. The second-order valence-electron chi connectivity index (χ2n) is 2.12. The molecule has 1 heterocycles. The van der Waals surface area contributed by atoms with Crippen LogP contribution < -0.4 is 0 Å². The van der Waals surface area contributed by atoms with Crippen LogP contribution in [0, 0.1) is 6.92 Å². The van der Waals surface area contributed by atoms with E-state index in [0.717, 1.165) is 0 Å². The highest BCUT2D eigenvalue weighted by atomic mass is 16.5. The smallest absolute Gasteiger partial charge is 0.313 e. The van der Waals surface area contributed by atoms with Gasteiger partial charge >= 0.3 is 5.97 Å². The Labute approximate surface area is 65.0 Å². The fraction of sp³-hybridized carbons (Fsp3) is 0.250. The lowest BCUT2D eigenvalue weighted by atomic mass is 10.3. The Morgan fingerprint density at radius 1 is 1.73 bits per heavy atom. The molecule has 0 unspecified atom stereocenters. The molecule has 0 aliphatic heterocycles. The fourth-order valence-electron chi connectivity index (χ4n) is 0.732. The van der Waals surface area contributed by atoms with Gasteiger partial charge in [-0.05, 0) is 12.1 Å². The SMILES string of the molecule is [CH2]c1ccc(CC(=O)OC)o1. The van der Waals surface area contributed by atoms with Crippen LogP contribution in [0.2, 0.25) is 0 Å². The van der Waals surface area contributed by atoms with E-state index in [1.807, 2.05) is 0 Å². The van der Waals surface area contributed by atoms with Gasteiger partial charge in [-0.1, -0.05) is 0 Å². The van der Waals surface area contributed by atoms with E-state index in [4.69, 9.17) is 4.42 Å². The van der Waals surface area contributed by atoms with Crippen molar-refractivity contribution in [3.63, 3.8) is 0 Å². The van der Waals surface area contributed by atoms with Crippen molar-refractivity contribution in [1.82, 2.24) is 0 Å². The lowest BCUT2D eigenvalue weighted by molar-refractivity contribution is -0.140. The molecule has 59 valence electrons. The molecule has 0 saturated heterocycles. The Bertz CT molecular complexity index is 250. The molecule has 0 atom stereocenters. The van der Waals surface area contributed by atoms with Gasteiger partial charge in [0.15, 0.2) is 0 Å².